The second-order valence-electron chi connectivity index (χ2n) is 6.36. The monoisotopic (exact) mass is 353 g/mol. The summed E-state index contributed by atoms with van der Waals surface area (Å²) in [6, 6.07) is 5.46. The van der Waals surface area contributed by atoms with Crippen LogP contribution >= 0.6 is 11.6 Å². The molecule has 1 atom stereocenters. The van der Waals surface area contributed by atoms with Crippen molar-refractivity contribution in [3.63, 3.8) is 0 Å². The van der Waals surface area contributed by atoms with Gasteiger partial charge in [-0.15, -0.1) is 0 Å². The lowest BCUT2D eigenvalue weighted by Gasteiger charge is -2.38. The van der Waals surface area contributed by atoms with E-state index < -0.39 is 11.9 Å². The van der Waals surface area contributed by atoms with Gasteiger partial charge in [-0.1, -0.05) is 18.5 Å². The van der Waals surface area contributed by atoms with Crippen molar-refractivity contribution in [2.45, 2.75) is 45.0 Å². The number of piperidine rings is 1. The van der Waals surface area contributed by atoms with Crippen LogP contribution in [0.2, 0.25) is 5.02 Å². The number of nitrogens with zero attached hydrogens (tertiary/aromatic N) is 1. The standard InChI is InChI=1S/C18H24ClNO4/c1-3-16(24-14-4-5-15(19)13(2)12-14)17(21)20-8-6-18(7-9-20)22-10-11-23-18/h4-5,12,16H,3,6-11H2,1-2H3. The molecule has 0 radical (unpaired) electrons. The van der Waals surface area contributed by atoms with E-state index in [4.69, 9.17) is 25.8 Å². The second kappa shape index (κ2) is 7.30. The molecule has 2 aliphatic rings. The first kappa shape index (κ1) is 17.5. The summed E-state index contributed by atoms with van der Waals surface area (Å²) in [4.78, 5) is 14.6. The fourth-order valence-electron chi connectivity index (χ4n) is 3.22. The molecule has 5 nitrogen and oxygen atoms in total. The van der Waals surface area contributed by atoms with Gasteiger partial charge < -0.3 is 19.1 Å². The average molecular weight is 354 g/mol. The lowest BCUT2D eigenvalue weighted by molar-refractivity contribution is -0.189. The van der Waals surface area contributed by atoms with Gasteiger partial charge in [-0.05, 0) is 37.1 Å². The first-order valence-electron chi connectivity index (χ1n) is 8.52. The van der Waals surface area contributed by atoms with Crippen LogP contribution in [0.15, 0.2) is 18.2 Å². The fourth-order valence-corrected chi connectivity index (χ4v) is 3.34. The SMILES string of the molecule is CCC(Oc1ccc(Cl)c(C)c1)C(=O)N1CCC2(CC1)OCCO2. The van der Waals surface area contributed by atoms with E-state index in [0.29, 0.717) is 43.5 Å². The molecule has 132 valence electrons. The number of likely N-dealkylation sites (tertiary alicyclic amines) is 1. The molecule has 0 aromatic heterocycles. The minimum Gasteiger partial charge on any atom is -0.481 e. The second-order valence-corrected chi connectivity index (χ2v) is 6.77. The molecule has 1 unspecified atom stereocenters. The molecule has 0 aliphatic carbocycles. The van der Waals surface area contributed by atoms with Gasteiger partial charge in [0.05, 0.1) is 13.2 Å². The lowest BCUT2D eigenvalue weighted by Crippen LogP contribution is -2.50. The van der Waals surface area contributed by atoms with Crippen LogP contribution in [-0.2, 0) is 14.3 Å². The molecule has 2 aliphatic heterocycles. The minimum atomic E-state index is -0.481. The van der Waals surface area contributed by atoms with E-state index in [2.05, 4.69) is 0 Å². The predicted molar refractivity (Wildman–Crippen MR) is 91.3 cm³/mol. The summed E-state index contributed by atoms with van der Waals surface area (Å²) in [7, 11) is 0. The normalized spacial score (nSPS) is 21.0. The van der Waals surface area contributed by atoms with Gasteiger partial charge in [0, 0.05) is 31.0 Å². The van der Waals surface area contributed by atoms with E-state index in [1.54, 1.807) is 12.1 Å². The Balaban J connectivity index is 1.61. The summed E-state index contributed by atoms with van der Waals surface area (Å²) in [6.45, 7) is 6.44. The Kier molecular flexibility index (Phi) is 5.33. The zero-order valence-corrected chi connectivity index (χ0v) is 15.0. The minimum absolute atomic E-state index is 0.0259. The van der Waals surface area contributed by atoms with Gasteiger partial charge in [0.1, 0.15) is 5.75 Å². The first-order chi connectivity index (χ1) is 11.5. The smallest absolute Gasteiger partial charge is 0.263 e. The maximum Gasteiger partial charge on any atom is 0.263 e. The average Bonchev–Trinajstić information content (AvgIpc) is 3.04. The third-order valence-corrected chi connectivity index (χ3v) is 5.13. The Labute approximate surface area is 147 Å². The van der Waals surface area contributed by atoms with Gasteiger partial charge in [0.15, 0.2) is 11.9 Å². The molecular weight excluding hydrogens is 330 g/mol. The van der Waals surface area contributed by atoms with E-state index in [-0.39, 0.29) is 5.91 Å². The Morgan fingerprint density at radius 3 is 2.58 bits per heavy atom. The van der Waals surface area contributed by atoms with Crippen LogP contribution < -0.4 is 4.74 Å². The lowest BCUT2D eigenvalue weighted by atomic mass is 10.0. The predicted octanol–water partition coefficient (Wildman–Crippen LogP) is 3.17. The van der Waals surface area contributed by atoms with Gasteiger partial charge in [0.25, 0.3) is 5.91 Å². The summed E-state index contributed by atoms with van der Waals surface area (Å²) in [6.07, 6.45) is 1.57. The maximum atomic E-state index is 12.8. The topological polar surface area (TPSA) is 48.0 Å². The number of carbonyl (C=O) groups is 1. The molecule has 1 spiro atoms. The van der Waals surface area contributed by atoms with Gasteiger partial charge in [0.2, 0.25) is 0 Å². The number of ether oxygens (including phenoxy) is 3. The highest BCUT2D eigenvalue weighted by atomic mass is 35.5. The molecule has 0 bridgehead atoms. The Morgan fingerprint density at radius 1 is 1.33 bits per heavy atom. The van der Waals surface area contributed by atoms with Crippen molar-refractivity contribution < 1.29 is 19.0 Å². The van der Waals surface area contributed by atoms with Crippen LogP contribution in [0.1, 0.15) is 31.7 Å². The van der Waals surface area contributed by atoms with Crippen LogP contribution in [0.3, 0.4) is 0 Å². The van der Waals surface area contributed by atoms with Crippen LogP contribution in [0, 0.1) is 6.92 Å². The van der Waals surface area contributed by atoms with Gasteiger partial charge in [-0.3, -0.25) is 4.79 Å². The number of rotatable bonds is 4. The highest BCUT2D eigenvalue weighted by Gasteiger charge is 2.41. The molecule has 1 aromatic carbocycles. The Morgan fingerprint density at radius 2 is 2.00 bits per heavy atom. The van der Waals surface area contributed by atoms with E-state index in [1.165, 1.54) is 0 Å². The van der Waals surface area contributed by atoms with Crippen molar-refractivity contribution in [1.82, 2.24) is 4.90 Å². The first-order valence-corrected chi connectivity index (χ1v) is 8.90. The molecule has 2 fully saturated rings. The van der Waals surface area contributed by atoms with E-state index in [1.807, 2.05) is 24.8 Å². The molecule has 0 N–H and O–H groups in total. The molecule has 2 heterocycles. The molecule has 1 aromatic rings. The zero-order valence-electron chi connectivity index (χ0n) is 14.2. The third kappa shape index (κ3) is 3.68. The Hall–Kier alpha value is -1.30. The summed E-state index contributed by atoms with van der Waals surface area (Å²) in [5, 5.41) is 0.694. The van der Waals surface area contributed by atoms with Crippen LogP contribution in [0.25, 0.3) is 0 Å². The molecular formula is C18H24ClNO4. The van der Waals surface area contributed by atoms with Gasteiger partial charge in [-0.2, -0.15) is 0 Å². The molecule has 2 saturated heterocycles. The van der Waals surface area contributed by atoms with Crippen molar-refractivity contribution in [3.8, 4) is 5.75 Å². The number of hydrogen-bond donors (Lipinski definition) is 0. The van der Waals surface area contributed by atoms with Crippen molar-refractivity contribution in [1.29, 1.82) is 0 Å². The molecule has 1 amide bonds. The van der Waals surface area contributed by atoms with Crippen molar-refractivity contribution in [3.05, 3.63) is 28.8 Å². The number of amides is 1. The maximum absolute atomic E-state index is 12.8. The quantitative estimate of drug-likeness (QED) is 0.834. The van der Waals surface area contributed by atoms with Crippen molar-refractivity contribution in [2.24, 2.45) is 0 Å². The fraction of sp³-hybridized carbons (Fsp3) is 0.611. The van der Waals surface area contributed by atoms with Crippen LogP contribution in [0.4, 0.5) is 0 Å². The van der Waals surface area contributed by atoms with E-state index in [0.717, 1.165) is 18.4 Å². The summed E-state index contributed by atoms with van der Waals surface area (Å²) >= 11 is 6.04. The summed E-state index contributed by atoms with van der Waals surface area (Å²) in [5.41, 5.74) is 0.937. The highest BCUT2D eigenvalue weighted by Crippen LogP contribution is 2.32. The molecule has 3 rings (SSSR count). The van der Waals surface area contributed by atoms with E-state index >= 15 is 0 Å². The Bertz CT molecular complexity index is 591. The number of benzene rings is 1. The molecule has 6 heteroatoms. The molecule has 24 heavy (non-hydrogen) atoms. The molecule has 0 saturated carbocycles. The zero-order chi connectivity index (χ0) is 17.2. The number of halogens is 1. The number of aryl methyl sites for hydroxylation is 1. The van der Waals surface area contributed by atoms with Crippen molar-refractivity contribution in [2.75, 3.05) is 26.3 Å². The largest absolute Gasteiger partial charge is 0.481 e. The summed E-state index contributed by atoms with van der Waals surface area (Å²) in [5.74, 6) is 0.234. The number of hydrogen-bond acceptors (Lipinski definition) is 4. The van der Waals surface area contributed by atoms with E-state index in [9.17, 15) is 4.79 Å². The third-order valence-electron chi connectivity index (χ3n) is 4.70. The van der Waals surface area contributed by atoms with Crippen LogP contribution in [0.5, 0.6) is 5.75 Å². The number of carbonyl (C=O) groups excluding carboxylic acids is 1. The van der Waals surface area contributed by atoms with Gasteiger partial charge in [-0.25, -0.2) is 0 Å². The van der Waals surface area contributed by atoms with Crippen LogP contribution in [-0.4, -0.2) is 49.0 Å². The summed E-state index contributed by atoms with van der Waals surface area (Å²) < 4.78 is 17.3. The van der Waals surface area contributed by atoms with Gasteiger partial charge >= 0.3 is 0 Å². The van der Waals surface area contributed by atoms with Crippen molar-refractivity contribution >= 4 is 17.5 Å². The highest BCUT2D eigenvalue weighted by molar-refractivity contribution is 6.31.